The van der Waals surface area contributed by atoms with Crippen LogP contribution in [0.25, 0.3) is 0 Å². The van der Waals surface area contributed by atoms with Gasteiger partial charge in [0.2, 0.25) is 10.0 Å². The number of amides is 1. The van der Waals surface area contributed by atoms with Crippen molar-refractivity contribution in [3.05, 3.63) is 29.8 Å². The van der Waals surface area contributed by atoms with Gasteiger partial charge >= 0.3 is 0 Å². The summed E-state index contributed by atoms with van der Waals surface area (Å²) in [6.45, 7) is 6.77. The summed E-state index contributed by atoms with van der Waals surface area (Å²) >= 11 is 0. The molecule has 1 aliphatic rings. The van der Waals surface area contributed by atoms with E-state index < -0.39 is 10.0 Å². The van der Waals surface area contributed by atoms with E-state index in [1.807, 2.05) is 11.8 Å². The summed E-state index contributed by atoms with van der Waals surface area (Å²) in [6, 6.07) is 6.06. The molecule has 1 heterocycles. The van der Waals surface area contributed by atoms with Crippen molar-refractivity contribution < 1.29 is 13.2 Å². The van der Waals surface area contributed by atoms with Crippen LogP contribution in [0.2, 0.25) is 0 Å². The van der Waals surface area contributed by atoms with E-state index in [2.05, 4.69) is 4.72 Å². The van der Waals surface area contributed by atoms with Crippen molar-refractivity contribution in [2.45, 2.75) is 44.2 Å². The third-order valence-electron chi connectivity index (χ3n) is 4.06. The topological polar surface area (TPSA) is 92.5 Å². The lowest BCUT2D eigenvalue weighted by molar-refractivity contribution is 0.0743. The summed E-state index contributed by atoms with van der Waals surface area (Å²) in [4.78, 5) is 14.6. The molecule has 1 aromatic rings. The summed E-state index contributed by atoms with van der Waals surface area (Å²) < 4.78 is 26.7. The van der Waals surface area contributed by atoms with E-state index in [0.29, 0.717) is 24.6 Å². The van der Waals surface area contributed by atoms with Gasteiger partial charge in [0.05, 0.1) is 4.90 Å². The highest BCUT2D eigenvalue weighted by atomic mass is 32.2. The first-order chi connectivity index (χ1) is 10.7. The van der Waals surface area contributed by atoms with Crippen molar-refractivity contribution in [2.24, 2.45) is 11.7 Å². The number of benzene rings is 1. The fourth-order valence-corrected chi connectivity index (χ4v) is 4.17. The van der Waals surface area contributed by atoms with Gasteiger partial charge < -0.3 is 10.6 Å². The zero-order chi connectivity index (χ0) is 17.2. The minimum Gasteiger partial charge on any atom is -0.336 e. The maximum absolute atomic E-state index is 12.6. The molecule has 1 aromatic carbocycles. The second-order valence-electron chi connectivity index (χ2n) is 6.44. The summed E-state index contributed by atoms with van der Waals surface area (Å²) in [5.41, 5.74) is 6.19. The van der Waals surface area contributed by atoms with Gasteiger partial charge in [0, 0.05) is 24.2 Å². The fourth-order valence-electron chi connectivity index (χ4n) is 2.92. The van der Waals surface area contributed by atoms with E-state index in [-0.39, 0.29) is 22.9 Å². The number of carbonyl (C=O) groups excluding carboxylic acids is 1. The average molecular weight is 339 g/mol. The Morgan fingerprint density at radius 3 is 2.43 bits per heavy atom. The molecule has 23 heavy (non-hydrogen) atoms. The zero-order valence-corrected chi connectivity index (χ0v) is 14.6. The predicted octanol–water partition coefficient (Wildman–Crippen LogP) is 1.18. The Balaban J connectivity index is 2.15. The second kappa shape index (κ2) is 6.98. The van der Waals surface area contributed by atoms with Crippen LogP contribution in [0.3, 0.4) is 0 Å². The lowest BCUT2D eigenvalue weighted by Gasteiger charge is -2.21. The Morgan fingerprint density at radius 1 is 1.35 bits per heavy atom. The molecule has 1 aliphatic heterocycles. The summed E-state index contributed by atoms with van der Waals surface area (Å²) in [5, 5.41) is 0. The molecule has 2 rings (SSSR count). The monoisotopic (exact) mass is 339 g/mol. The number of nitrogens with zero attached hydrogens (tertiary/aromatic N) is 1. The Hall–Kier alpha value is -1.44. The molecular formula is C16H25N3O3S. The molecule has 0 radical (unpaired) electrons. The average Bonchev–Trinajstić information content (AvgIpc) is 2.86. The smallest absolute Gasteiger partial charge is 0.254 e. The Bertz CT molecular complexity index is 656. The Morgan fingerprint density at radius 2 is 1.96 bits per heavy atom. The number of hydrogen-bond acceptors (Lipinski definition) is 4. The number of carbonyl (C=O) groups is 1. The maximum atomic E-state index is 12.6. The quantitative estimate of drug-likeness (QED) is 0.842. The van der Waals surface area contributed by atoms with Crippen LogP contribution < -0.4 is 10.5 Å². The molecule has 1 amide bonds. The van der Waals surface area contributed by atoms with Gasteiger partial charge in [0.25, 0.3) is 5.91 Å². The van der Waals surface area contributed by atoms with Gasteiger partial charge in [-0.25, -0.2) is 13.1 Å². The fraction of sp³-hybridized carbons (Fsp3) is 0.562. The Kier molecular flexibility index (Phi) is 5.44. The standard InChI is InChI=1S/C16H25N3O3S/c1-11(2)18-23(21,22)15-6-4-14(5-7-15)16(20)19-10-13(9-17)8-12(19)3/h4-7,11-13,18H,8-10,17H2,1-3H3. The first-order valence-electron chi connectivity index (χ1n) is 7.88. The molecule has 128 valence electrons. The molecule has 2 atom stereocenters. The van der Waals surface area contributed by atoms with Crippen molar-refractivity contribution in [1.29, 1.82) is 0 Å². The highest BCUT2D eigenvalue weighted by molar-refractivity contribution is 7.89. The summed E-state index contributed by atoms with van der Waals surface area (Å²) in [7, 11) is -3.54. The minimum atomic E-state index is -3.54. The summed E-state index contributed by atoms with van der Waals surface area (Å²) in [6.07, 6.45) is 0.910. The number of likely N-dealkylation sites (tertiary alicyclic amines) is 1. The van der Waals surface area contributed by atoms with Crippen molar-refractivity contribution in [3.63, 3.8) is 0 Å². The first kappa shape index (κ1) is 17.9. The van der Waals surface area contributed by atoms with E-state index in [4.69, 9.17) is 5.73 Å². The number of rotatable bonds is 5. The molecule has 0 aromatic heterocycles. The Labute approximate surface area is 138 Å². The van der Waals surface area contributed by atoms with E-state index >= 15 is 0 Å². The van der Waals surface area contributed by atoms with E-state index in [1.165, 1.54) is 12.1 Å². The van der Waals surface area contributed by atoms with Crippen LogP contribution in [0.4, 0.5) is 0 Å². The van der Waals surface area contributed by atoms with Crippen LogP contribution in [0.1, 0.15) is 37.6 Å². The highest BCUT2D eigenvalue weighted by Gasteiger charge is 2.32. The molecule has 1 fully saturated rings. The van der Waals surface area contributed by atoms with Crippen LogP contribution >= 0.6 is 0 Å². The van der Waals surface area contributed by atoms with E-state index in [0.717, 1.165) is 6.42 Å². The molecular weight excluding hydrogens is 314 g/mol. The minimum absolute atomic E-state index is 0.0748. The second-order valence-corrected chi connectivity index (χ2v) is 8.16. The van der Waals surface area contributed by atoms with Crippen LogP contribution in [-0.4, -0.2) is 44.4 Å². The first-order valence-corrected chi connectivity index (χ1v) is 9.36. The van der Waals surface area contributed by atoms with Crippen LogP contribution in [-0.2, 0) is 10.0 Å². The van der Waals surface area contributed by atoms with E-state index in [9.17, 15) is 13.2 Å². The SMILES string of the molecule is CC(C)NS(=O)(=O)c1ccc(C(=O)N2CC(CN)CC2C)cc1. The normalized spacial score (nSPS) is 21.9. The van der Waals surface area contributed by atoms with Crippen molar-refractivity contribution >= 4 is 15.9 Å². The molecule has 6 nitrogen and oxygen atoms in total. The van der Waals surface area contributed by atoms with Gasteiger partial charge in [-0.2, -0.15) is 0 Å². The van der Waals surface area contributed by atoms with Crippen LogP contribution in [0, 0.1) is 5.92 Å². The third kappa shape index (κ3) is 4.10. The van der Waals surface area contributed by atoms with Crippen LogP contribution in [0.15, 0.2) is 29.2 Å². The van der Waals surface area contributed by atoms with Crippen LogP contribution in [0.5, 0.6) is 0 Å². The molecule has 0 spiro atoms. The molecule has 7 heteroatoms. The molecule has 3 N–H and O–H groups in total. The maximum Gasteiger partial charge on any atom is 0.254 e. The number of hydrogen-bond donors (Lipinski definition) is 2. The van der Waals surface area contributed by atoms with Crippen molar-refractivity contribution in [1.82, 2.24) is 9.62 Å². The molecule has 2 unspecified atom stereocenters. The van der Waals surface area contributed by atoms with Gasteiger partial charge in [-0.1, -0.05) is 0 Å². The lowest BCUT2D eigenvalue weighted by atomic mass is 10.1. The van der Waals surface area contributed by atoms with Crippen molar-refractivity contribution in [2.75, 3.05) is 13.1 Å². The van der Waals surface area contributed by atoms with Gasteiger partial charge in [0.15, 0.2) is 0 Å². The molecule has 1 saturated heterocycles. The lowest BCUT2D eigenvalue weighted by Crippen LogP contribution is -2.34. The van der Waals surface area contributed by atoms with Gasteiger partial charge in [-0.05, 0) is 63.9 Å². The van der Waals surface area contributed by atoms with Gasteiger partial charge in [-0.15, -0.1) is 0 Å². The zero-order valence-electron chi connectivity index (χ0n) is 13.8. The molecule has 0 bridgehead atoms. The molecule has 0 aliphatic carbocycles. The number of sulfonamides is 1. The van der Waals surface area contributed by atoms with Gasteiger partial charge in [-0.3, -0.25) is 4.79 Å². The highest BCUT2D eigenvalue weighted by Crippen LogP contribution is 2.24. The van der Waals surface area contributed by atoms with Crippen molar-refractivity contribution in [3.8, 4) is 0 Å². The molecule has 0 saturated carbocycles. The van der Waals surface area contributed by atoms with Gasteiger partial charge in [0.1, 0.15) is 0 Å². The number of nitrogens with one attached hydrogen (secondary N) is 1. The van der Waals surface area contributed by atoms with E-state index in [1.54, 1.807) is 26.0 Å². The third-order valence-corrected chi connectivity index (χ3v) is 5.73. The number of nitrogens with two attached hydrogens (primary N) is 1. The largest absolute Gasteiger partial charge is 0.336 e. The predicted molar refractivity (Wildman–Crippen MR) is 89.6 cm³/mol. The summed E-state index contributed by atoms with van der Waals surface area (Å²) in [5.74, 6) is 0.262.